The predicted octanol–water partition coefficient (Wildman–Crippen LogP) is 2.26. The first kappa shape index (κ1) is 12.6. The molecular formula is C14H25N3. The fourth-order valence-electron chi connectivity index (χ4n) is 2.46. The Labute approximate surface area is 105 Å². The van der Waals surface area contributed by atoms with Crippen molar-refractivity contribution in [1.82, 2.24) is 15.1 Å². The van der Waals surface area contributed by atoms with Crippen LogP contribution in [0.15, 0.2) is 6.07 Å². The fraction of sp³-hybridized carbons (Fsp3) is 0.786. The normalized spacial score (nSPS) is 21.8. The maximum Gasteiger partial charge on any atom is 0.0680 e. The first-order valence-corrected chi connectivity index (χ1v) is 6.71. The van der Waals surface area contributed by atoms with Crippen molar-refractivity contribution in [3.63, 3.8) is 0 Å². The molecule has 1 atom stereocenters. The maximum atomic E-state index is 4.64. The lowest BCUT2D eigenvalue weighted by molar-refractivity contribution is 0.369. The molecule has 1 fully saturated rings. The zero-order valence-corrected chi connectivity index (χ0v) is 11.6. The van der Waals surface area contributed by atoms with E-state index < -0.39 is 0 Å². The summed E-state index contributed by atoms with van der Waals surface area (Å²) in [7, 11) is 2.07. The van der Waals surface area contributed by atoms with Crippen molar-refractivity contribution >= 4 is 0 Å². The SMILES string of the molecule is Cn1nc(C(C)(C)C)cc1CC1CCCNC1. The van der Waals surface area contributed by atoms with Crippen molar-refractivity contribution in [1.29, 1.82) is 0 Å². The van der Waals surface area contributed by atoms with Gasteiger partial charge in [-0.3, -0.25) is 4.68 Å². The third-order valence-electron chi connectivity index (χ3n) is 3.64. The van der Waals surface area contributed by atoms with Gasteiger partial charge in [0.05, 0.1) is 5.69 Å². The highest BCUT2D eigenvalue weighted by atomic mass is 15.3. The number of piperidine rings is 1. The van der Waals surface area contributed by atoms with Crippen LogP contribution in [0.5, 0.6) is 0 Å². The van der Waals surface area contributed by atoms with Crippen LogP contribution in [0.2, 0.25) is 0 Å². The highest BCUT2D eigenvalue weighted by Crippen LogP contribution is 2.23. The molecule has 2 rings (SSSR count). The summed E-state index contributed by atoms with van der Waals surface area (Å²) in [5.74, 6) is 0.784. The minimum absolute atomic E-state index is 0.154. The number of hydrogen-bond acceptors (Lipinski definition) is 2. The number of nitrogens with one attached hydrogen (secondary N) is 1. The van der Waals surface area contributed by atoms with Crippen LogP contribution in [0, 0.1) is 5.92 Å². The van der Waals surface area contributed by atoms with Gasteiger partial charge >= 0.3 is 0 Å². The van der Waals surface area contributed by atoms with E-state index in [4.69, 9.17) is 0 Å². The Morgan fingerprint density at radius 2 is 2.24 bits per heavy atom. The summed E-state index contributed by atoms with van der Waals surface area (Å²) in [6.07, 6.45) is 3.82. The summed E-state index contributed by atoms with van der Waals surface area (Å²) in [5, 5.41) is 8.13. The van der Waals surface area contributed by atoms with E-state index in [-0.39, 0.29) is 5.41 Å². The van der Waals surface area contributed by atoms with Crippen molar-refractivity contribution in [2.24, 2.45) is 13.0 Å². The van der Waals surface area contributed by atoms with Crippen LogP contribution < -0.4 is 5.32 Å². The Balaban J connectivity index is 2.07. The van der Waals surface area contributed by atoms with Crippen LogP contribution >= 0.6 is 0 Å². The van der Waals surface area contributed by atoms with Gasteiger partial charge < -0.3 is 5.32 Å². The van der Waals surface area contributed by atoms with Crippen molar-refractivity contribution in [2.45, 2.75) is 45.4 Å². The van der Waals surface area contributed by atoms with Gasteiger partial charge in [-0.15, -0.1) is 0 Å². The molecule has 1 aromatic rings. The van der Waals surface area contributed by atoms with Crippen LogP contribution in [-0.2, 0) is 18.9 Å². The van der Waals surface area contributed by atoms with Crippen molar-refractivity contribution < 1.29 is 0 Å². The number of rotatable bonds is 2. The molecule has 1 aliphatic heterocycles. The van der Waals surface area contributed by atoms with Gasteiger partial charge in [-0.25, -0.2) is 0 Å². The molecule has 0 saturated carbocycles. The van der Waals surface area contributed by atoms with Gasteiger partial charge in [0.1, 0.15) is 0 Å². The van der Waals surface area contributed by atoms with E-state index in [9.17, 15) is 0 Å². The Morgan fingerprint density at radius 3 is 2.76 bits per heavy atom. The molecule has 3 heteroatoms. The highest BCUT2D eigenvalue weighted by Gasteiger charge is 2.21. The van der Waals surface area contributed by atoms with Crippen LogP contribution in [0.4, 0.5) is 0 Å². The molecule has 0 spiro atoms. The monoisotopic (exact) mass is 235 g/mol. The zero-order valence-electron chi connectivity index (χ0n) is 11.6. The molecule has 0 amide bonds. The second kappa shape index (κ2) is 4.81. The number of aryl methyl sites for hydroxylation is 1. The number of aromatic nitrogens is 2. The summed E-state index contributed by atoms with van der Waals surface area (Å²) in [6.45, 7) is 9.02. The molecule has 1 aromatic heterocycles. The van der Waals surface area contributed by atoms with Gasteiger partial charge in [-0.05, 0) is 44.3 Å². The molecule has 96 valence electrons. The summed E-state index contributed by atoms with van der Waals surface area (Å²) < 4.78 is 2.06. The molecule has 1 saturated heterocycles. The summed E-state index contributed by atoms with van der Waals surface area (Å²) in [6, 6.07) is 2.29. The molecule has 17 heavy (non-hydrogen) atoms. The molecule has 2 heterocycles. The van der Waals surface area contributed by atoms with Gasteiger partial charge in [-0.1, -0.05) is 20.8 Å². The topological polar surface area (TPSA) is 29.9 Å². The Hall–Kier alpha value is -0.830. The Morgan fingerprint density at radius 1 is 1.47 bits per heavy atom. The van der Waals surface area contributed by atoms with Crippen LogP contribution in [-0.4, -0.2) is 22.9 Å². The lowest BCUT2D eigenvalue weighted by Gasteiger charge is -2.22. The highest BCUT2D eigenvalue weighted by molar-refractivity contribution is 5.18. The molecule has 3 nitrogen and oxygen atoms in total. The lowest BCUT2D eigenvalue weighted by Crippen LogP contribution is -2.31. The minimum Gasteiger partial charge on any atom is -0.316 e. The fourth-order valence-corrected chi connectivity index (χ4v) is 2.46. The van der Waals surface area contributed by atoms with E-state index in [0.717, 1.165) is 18.9 Å². The second-order valence-corrected chi connectivity index (χ2v) is 6.31. The van der Waals surface area contributed by atoms with Crippen LogP contribution in [0.1, 0.15) is 45.0 Å². The van der Waals surface area contributed by atoms with Crippen molar-refractivity contribution in [3.05, 3.63) is 17.5 Å². The molecule has 1 N–H and O–H groups in total. The van der Waals surface area contributed by atoms with E-state index in [1.54, 1.807) is 0 Å². The van der Waals surface area contributed by atoms with E-state index in [0.29, 0.717) is 0 Å². The molecule has 0 radical (unpaired) electrons. The molecule has 1 aliphatic rings. The van der Waals surface area contributed by atoms with Gasteiger partial charge in [-0.2, -0.15) is 5.10 Å². The average molecular weight is 235 g/mol. The largest absolute Gasteiger partial charge is 0.316 e. The molecule has 0 bridgehead atoms. The standard InChI is InChI=1S/C14H25N3/c1-14(2,3)13-9-12(17(4)16-13)8-11-6-5-7-15-10-11/h9,11,15H,5-8,10H2,1-4H3. The predicted molar refractivity (Wildman–Crippen MR) is 71.2 cm³/mol. The minimum atomic E-state index is 0.154. The molecule has 0 aromatic carbocycles. The first-order valence-electron chi connectivity index (χ1n) is 6.71. The van der Waals surface area contributed by atoms with Gasteiger partial charge in [0, 0.05) is 18.2 Å². The Bertz CT molecular complexity index is 367. The Kier molecular flexibility index (Phi) is 3.57. The third kappa shape index (κ3) is 3.09. The summed E-state index contributed by atoms with van der Waals surface area (Å²) in [4.78, 5) is 0. The summed E-state index contributed by atoms with van der Waals surface area (Å²) >= 11 is 0. The van der Waals surface area contributed by atoms with E-state index in [1.165, 1.54) is 30.8 Å². The van der Waals surface area contributed by atoms with Crippen molar-refractivity contribution in [2.75, 3.05) is 13.1 Å². The smallest absolute Gasteiger partial charge is 0.0680 e. The summed E-state index contributed by atoms with van der Waals surface area (Å²) in [5.41, 5.74) is 2.74. The van der Waals surface area contributed by atoms with Gasteiger partial charge in [0.25, 0.3) is 0 Å². The van der Waals surface area contributed by atoms with E-state index >= 15 is 0 Å². The maximum absolute atomic E-state index is 4.64. The van der Waals surface area contributed by atoms with Crippen molar-refractivity contribution in [3.8, 4) is 0 Å². The number of hydrogen-bond donors (Lipinski definition) is 1. The molecular weight excluding hydrogens is 210 g/mol. The molecule has 0 aliphatic carbocycles. The zero-order chi connectivity index (χ0) is 12.5. The quantitative estimate of drug-likeness (QED) is 0.852. The first-order chi connectivity index (χ1) is 7.97. The van der Waals surface area contributed by atoms with Gasteiger partial charge in [0.15, 0.2) is 0 Å². The lowest BCUT2D eigenvalue weighted by atomic mass is 9.90. The van der Waals surface area contributed by atoms with E-state index in [2.05, 4.69) is 49.0 Å². The van der Waals surface area contributed by atoms with E-state index in [1.807, 2.05) is 0 Å². The number of nitrogens with zero attached hydrogens (tertiary/aromatic N) is 2. The molecule has 1 unspecified atom stereocenters. The average Bonchev–Trinajstić information content (AvgIpc) is 2.62. The van der Waals surface area contributed by atoms with Crippen LogP contribution in [0.25, 0.3) is 0 Å². The van der Waals surface area contributed by atoms with Crippen LogP contribution in [0.3, 0.4) is 0 Å². The second-order valence-electron chi connectivity index (χ2n) is 6.31. The van der Waals surface area contributed by atoms with Gasteiger partial charge in [0.2, 0.25) is 0 Å². The third-order valence-corrected chi connectivity index (χ3v) is 3.64.